The Balaban J connectivity index is 1.70. The second kappa shape index (κ2) is 6.09. The molecular formula is C11H20N4O2. The number of aryl methyl sites for hydroxylation is 1. The fourth-order valence-electron chi connectivity index (χ4n) is 1.92. The maximum absolute atomic E-state index is 5.32. The van der Waals surface area contributed by atoms with Crippen LogP contribution in [0.1, 0.15) is 18.3 Å². The van der Waals surface area contributed by atoms with Gasteiger partial charge in [-0.05, 0) is 13.8 Å². The van der Waals surface area contributed by atoms with E-state index in [-0.39, 0.29) is 0 Å². The van der Waals surface area contributed by atoms with E-state index in [4.69, 9.17) is 4.74 Å². The zero-order chi connectivity index (χ0) is 12.1. The summed E-state index contributed by atoms with van der Waals surface area (Å²) in [7, 11) is 0. The van der Waals surface area contributed by atoms with Gasteiger partial charge in [0.25, 0.3) is 0 Å². The van der Waals surface area contributed by atoms with Crippen molar-refractivity contribution in [3.63, 3.8) is 0 Å². The number of nitrogens with one attached hydrogen (secondary N) is 1. The first-order valence-corrected chi connectivity index (χ1v) is 6.07. The molecule has 1 aliphatic heterocycles. The number of aromatic nitrogens is 2. The zero-order valence-electron chi connectivity index (χ0n) is 10.5. The highest BCUT2D eigenvalue weighted by molar-refractivity contribution is 5.03. The maximum Gasteiger partial charge on any atom is 0.121 e. The fraction of sp³-hybridized carbons (Fsp3) is 0.818. The first kappa shape index (κ1) is 12.5. The van der Waals surface area contributed by atoms with Crippen molar-refractivity contribution in [1.82, 2.24) is 20.5 Å². The van der Waals surface area contributed by atoms with Gasteiger partial charge in [-0.15, -0.1) is 0 Å². The smallest absolute Gasteiger partial charge is 0.121 e. The normalized spacial score (nSPS) is 19.4. The van der Waals surface area contributed by atoms with Crippen LogP contribution in [0.25, 0.3) is 0 Å². The second-order valence-electron chi connectivity index (χ2n) is 4.49. The molecule has 2 rings (SSSR count). The number of hydrogen-bond donors (Lipinski definition) is 1. The van der Waals surface area contributed by atoms with Gasteiger partial charge in [0.1, 0.15) is 11.4 Å². The molecule has 0 unspecified atom stereocenters. The van der Waals surface area contributed by atoms with Crippen molar-refractivity contribution in [3.8, 4) is 0 Å². The van der Waals surface area contributed by atoms with E-state index in [9.17, 15) is 0 Å². The lowest BCUT2D eigenvalue weighted by Crippen LogP contribution is -2.44. The van der Waals surface area contributed by atoms with E-state index in [1.165, 1.54) is 0 Å². The number of morpholine rings is 1. The molecule has 0 amide bonds. The summed E-state index contributed by atoms with van der Waals surface area (Å²) >= 11 is 0. The summed E-state index contributed by atoms with van der Waals surface area (Å²) in [5, 5.41) is 11.0. The van der Waals surface area contributed by atoms with Crippen LogP contribution in [0.2, 0.25) is 0 Å². The highest BCUT2D eigenvalue weighted by Crippen LogP contribution is 2.02. The quantitative estimate of drug-likeness (QED) is 0.792. The molecule has 1 aromatic heterocycles. The Morgan fingerprint density at radius 2 is 2.12 bits per heavy atom. The summed E-state index contributed by atoms with van der Waals surface area (Å²) in [4.78, 5) is 2.41. The van der Waals surface area contributed by atoms with Gasteiger partial charge in [0.2, 0.25) is 0 Å². The zero-order valence-corrected chi connectivity index (χ0v) is 10.5. The van der Waals surface area contributed by atoms with Crippen LogP contribution in [0.4, 0.5) is 0 Å². The fourth-order valence-corrected chi connectivity index (χ4v) is 1.92. The average molecular weight is 240 g/mol. The monoisotopic (exact) mass is 240 g/mol. The van der Waals surface area contributed by atoms with Crippen molar-refractivity contribution in [2.24, 2.45) is 0 Å². The molecule has 17 heavy (non-hydrogen) atoms. The van der Waals surface area contributed by atoms with E-state index in [1.54, 1.807) is 0 Å². The summed E-state index contributed by atoms with van der Waals surface area (Å²) in [5.74, 6) is 0. The van der Waals surface area contributed by atoms with Crippen molar-refractivity contribution >= 4 is 0 Å². The van der Waals surface area contributed by atoms with E-state index in [0.29, 0.717) is 12.6 Å². The standard InChI is InChI=1S/C11H20N4O2/c1-9(8-15-3-5-16-6-4-15)12-7-11-10(2)13-17-14-11/h9,12H,3-8H2,1-2H3/t9-/m1/s1. The molecule has 2 heterocycles. The highest BCUT2D eigenvalue weighted by atomic mass is 16.6. The van der Waals surface area contributed by atoms with Gasteiger partial charge in [0.05, 0.1) is 13.2 Å². The molecule has 0 bridgehead atoms. The van der Waals surface area contributed by atoms with E-state index in [1.807, 2.05) is 6.92 Å². The third kappa shape index (κ3) is 3.76. The Kier molecular flexibility index (Phi) is 4.47. The Bertz CT molecular complexity index is 336. The van der Waals surface area contributed by atoms with Gasteiger partial charge in [-0.3, -0.25) is 4.90 Å². The van der Waals surface area contributed by atoms with E-state index >= 15 is 0 Å². The summed E-state index contributed by atoms with van der Waals surface area (Å²) in [6.45, 7) is 9.57. The third-order valence-electron chi connectivity index (χ3n) is 3.00. The van der Waals surface area contributed by atoms with Crippen LogP contribution < -0.4 is 5.32 Å². The summed E-state index contributed by atoms with van der Waals surface area (Å²) in [5.41, 5.74) is 1.75. The van der Waals surface area contributed by atoms with Crippen LogP contribution in [-0.4, -0.2) is 54.1 Å². The minimum atomic E-state index is 0.421. The van der Waals surface area contributed by atoms with Crippen molar-refractivity contribution in [2.75, 3.05) is 32.8 Å². The molecule has 1 atom stereocenters. The summed E-state index contributed by atoms with van der Waals surface area (Å²) in [6.07, 6.45) is 0. The van der Waals surface area contributed by atoms with Crippen LogP contribution in [0.15, 0.2) is 4.63 Å². The first-order chi connectivity index (χ1) is 8.25. The Hall–Kier alpha value is -0.980. The molecule has 1 aliphatic rings. The largest absolute Gasteiger partial charge is 0.379 e. The lowest BCUT2D eigenvalue weighted by molar-refractivity contribution is 0.0343. The van der Waals surface area contributed by atoms with Gasteiger partial charge in [-0.2, -0.15) is 0 Å². The van der Waals surface area contributed by atoms with E-state index in [2.05, 4.69) is 32.1 Å². The van der Waals surface area contributed by atoms with Crippen molar-refractivity contribution in [2.45, 2.75) is 26.4 Å². The van der Waals surface area contributed by atoms with Gasteiger partial charge in [0.15, 0.2) is 0 Å². The lowest BCUT2D eigenvalue weighted by atomic mass is 10.2. The third-order valence-corrected chi connectivity index (χ3v) is 3.00. The van der Waals surface area contributed by atoms with Crippen molar-refractivity contribution in [1.29, 1.82) is 0 Å². The highest BCUT2D eigenvalue weighted by Gasteiger charge is 2.14. The average Bonchev–Trinajstić information content (AvgIpc) is 2.74. The first-order valence-electron chi connectivity index (χ1n) is 6.07. The molecule has 1 N–H and O–H groups in total. The van der Waals surface area contributed by atoms with Crippen LogP contribution in [0.3, 0.4) is 0 Å². The molecule has 0 radical (unpaired) electrons. The molecular weight excluding hydrogens is 220 g/mol. The topological polar surface area (TPSA) is 63.4 Å². The molecule has 0 aromatic carbocycles. The molecule has 0 aliphatic carbocycles. The Labute approximate surface area is 101 Å². The van der Waals surface area contributed by atoms with Gasteiger partial charge < -0.3 is 10.1 Å². The van der Waals surface area contributed by atoms with E-state index < -0.39 is 0 Å². The molecule has 0 saturated carbocycles. The minimum Gasteiger partial charge on any atom is -0.379 e. The lowest BCUT2D eigenvalue weighted by Gasteiger charge is -2.29. The second-order valence-corrected chi connectivity index (χ2v) is 4.49. The molecule has 6 heteroatoms. The van der Waals surface area contributed by atoms with Gasteiger partial charge >= 0.3 is 0 Å². The SMILES string of the molecule is Cc1nonc1CN[C@H](C)CN1CCOCC1. The minimum absolute atomic E-state index is 0.421. The number of ether oxygens (including phenoxy) is 1. The van der Waals surface area contributed by atoms with Gasteiger partial charge in [0, 0.05) is 32.2 Å². The predicted octanol–water partition coefficient (Wildman–Crippen LogP) is 0.188. The summed E-state index contributed by atoms with van der Waals surface area (Å²) < 4.78 is 9.98. The molecule has 1 aromatic rings. The number of hydrogen-bond acceptors (Lipinski definition) is 6. The molecule has 96 valence electrons. The van der Waals surface area contributed by atoms with Crippen molar-refractivity contribution in [3.05, 3.63) is 11.4 Å². The predicted molar refractivity (Wildman–Crippen MR) is 62.6 cm³/mol. The van der Waals surface area contributed by atoms with Gasteiger partial charge in [-0.25, -0.2) is 4.63 Å². The maximum atomic E-state index is 5.32. The van der Waals surface area contributed by atoms with Crippen LogP contribution >= 0.6 is 0 Å². The van der Waals surface area contributed by atoms with Crippen LogP contribution in [0, 0.1) is 6.92 Å². The Morgan fingerprint density at radius 1 is 1.35 bits per heavy atom. The van der Waals surface area contributed by atoms with Gasteiger partial charge in [-0.1, -0.05) is 10.3 Å². The molecule has 6 nitrogen and oxygen atoms in total. The molecule has 1 saturated heterocycles. The van der Waals surface area contributed by atoms with Crippen molar-refractivity contribution < 1.29 is 9.37 Å². The van der Waals surface area contributed by atoms with E-state index in [0.717, 1.165) is 44.2 Å². The number of nitrogens with zero attached hydrogens (tertiary/aromatic N) is 3. The van der Waals surface area contributed by atoms with Crippen LogP contribution in [-0.2, 0) is 11.3 Å². The number of rotatable bonds is 5. The summed E-state index contributed by atoms with van der Waals surface area (Å²) in [6, 6.07) is 0.421. The van der Waals surface area contributed by atoms with Crippen LogP contribution in [0.5, 0.6) is 0 Å². The Morgan fingerprint density at radius 3 is 2.76 bits per heavy atom. The molecule has 1 fully saturated rings. The molecule has 0 spiro atoms.